The number of ether oxygens (including phenoxy) is 1. The Morgan fingerprint density at radius 2 is 1.96 bits per heavy atom. The van der Waals surface area contributed by atoms with E-state index in [9.17, 15) is 4.79 Å². The number of rotatable bonds is 8. The molecule has 3 aromatic rings. The predicted octanol–water partition coefficient (Wildman–Crippen LogP) is 3.07. The van der Waals surface area contributed by atoms with Crippen LogP contribution in [0.1, 0.15) is 12.5 Å². The summed E-state index contributed by atoms with van der Waals surface area (Å²) in [6, 6.07) is 13.3. The summed E-state index contributed by atoms with van der Waals surface area (Å²) in [4.78, 5) is 20.6. The van der Waals surface area contributed by atoms with Crippen LogP contribution in [0.3, 0.4) is 0 Å². The van der Waals surface area contributed by atoms with Gasteiger partial charge < -0.3 is 9.64 Å². The van der Waals surface area contributed by atoms with E-state index in [-0.39, 0.29) is 12.5 Å². The normalized spacial score (nSPS) is 11.2. The molecule has 0 atom stereocenters. The molecule has 0 radical (unpaired) electrons. The number of halogens is 1. The highest BCUT2D eigenvalue weighted by Crippen LogP contribution is 2.30. The largest absolute Gasteiger partial charge is 0.484 e. The first kappa shape index (κ1) is 20.6. The second-order valence-corrected chi connectivity index (χ2v) is 8.34. The van der Waals surface area contributed by atoms with Gasteiger partial charge in [0, 0.05) is 5.02 Å². The van der Waals surface area contributed by atoms with Crippen molar-refractivity contribution in [2.24, 2.45) is 0 Å². The van der Waals surface area contributed by atoms with Crippen molar-refractivity contribution >= 4 is 44.2 Å². The first-order chi connectivity index (χ1) is 13.5. The topological polar surface area (TPSA) is 46.9 Å². The Hall–Kier alpha value is -2.15. The Morgan fingerprint density at radius 1 is 1.21 bits per heavy atom. The number of aryl methyl sites for hydroxylation is 1. The van der Waals surface area contributed by atoms with Crippen LogP contribution in [0, 0.1) is 0 Å². The van der Waals surface area contributed by atoms with Gasteiger partial charge in [0.05, 0.1) is 37.4 Å². The first-order valence-electron chi connectivity index (χ1n) is 9.33. The summed E-state index contributed by atoms with van der Waals surface area (Å²) < 4.78 is 6.76. The van der Waals surface area contributed by atoms with E-state index in [1.165, 1.54) is 10.5 Å². The molecule has 0 spiro atoms. The standard InChI is InChI=1S/C21H24ClN3O2S/c1-4-15-5-10-18-19(13-15)28-21(23-18)25(12-11-24(2)3)20(26)14-27-17-8-6-16(22)7-9-17/h5-10,13H,4,11-12,14H2,1-3H3/p+1. The van der Waals surface area contributed by atoms with Crippen molar-refractivity contribution < 1.29 is 14.4 Å². The highest BCUT2D eigenvalue weighted by Gasteiger charge is 2.21. The third-order valence-corrected chi connectivity index (χ3v) is 5.69. The number of quaternary nitrogens is 1. The number of aromatic nitrogens is 1. The fourth-order valence-corrected chi connectivity index (χ4v) is 3.91. The molecule has 0 aliphatic heterocycles. The molecule has 0 unspecified atom stereocenters. The summed E-state index contributed by atoms with van der Waals surface area (Å²) >= 11 is 7.45. The van der Waals surface area contributed by atoms with E-state index < -0.39 is 0 Å². The molecule has 0 aliphatic carbocycles. The minimum atomic E-state index is -0.106. The maximum atomic E-state index is 12.9. The van der Waals surface area contributed by atoms with Crippen LogP contribution in [-0.2, 0) is 11.2 Å². The van der Waals surface area contributed by atoms with Crippen LogP contribution >= 0.6 is 22.9 Å². The lowest BCUT2D eigenvalue weighted by Crippen LogP contribution is -3.06. The second kappa shape index (κ2) is 9.37. The molecular formula is C21H25ClN3O2S+. The number of anilines is 1. The number of carbonyl (C=O) groups excluding carboxylic acids is 1. The predicted molar refractivity (Wildman–Crippen MR) is 116 cm³/mol. The molecule has 3 rings (SSSR count). The van der Waals surface area contributed by atoms with Crippen molar-refractivity contribution in [3.05, 3.63) is 53.1 Å². The molecule has 0 saturated heterocycles. The molecule has 1 N–H and O–H groups in total. The quantitative estimate of drug-likeness (QED) is 0.611. The van der Waals surface area contributed by atoms with Gasteiger partial charge in [-0.2, -0.15) is 0 Å². The Balaban J connectivity index is 1.79. The molecule has 0 aliphatic rings. The molecule has 28 heavy (non-hydrogen) atoms. The van der Waals surface area contributed by atoms with Gasteiger partial charge in [0.2, 0.25) is 0 Å². The Kier molecular flexibility index (Phi) is 6.88. The third-order valence-electron chi connectivity index (χ3n) is 4.39. The zero-order valence-electron chi connectivity index (χ0n) is 16.4. The van der Waals surface area contributed by atoms with Gasteiger partial charge in [-0.25, -0.2) is 4.98 Å². The van der Waals surface area contributed by atoms with Crippen molar-refractivity contribution in [1.82, 2.24) is 4.98 Å². The molecule has 5 nitrogen and oxygen atoms in total. The molecule has 0 fully saturated rings. The molecule has 1 heterocycles. The summed E-state index contributed by atoms with van der Waals surface area (Å²) in [7, 11) is 4.14. The van der Waals surface area contributed by atoms with Gasteiger partial charge in [-0.3, -0.25) is 9.69 Å². The molecule has 1 aromatic heterocycles. The van der Waals surface area contributed by atoms with Gasteiger partial charge in [0.25, 0.3) is 5.91 Å². The van der Waals surface area contributed by atoms with Crippen molar-refractivity contribution in [2.45, 2.75) is 13.3 Å². The SMILES string of the molecule is CCc1ccc2nc(N(CC[NH+](C)C)C(=O)COc3ccc(Cl)cc3)sc2c1. The molecule has 7 heteroatoms. The van der Waals surface area contributed by atoms with E-state index >= 15 is 0 Å². The van der Waals surface area contributed by atoms with Crippen LogP contribution in [-0.4, -0.2) is 44.7 Å². The number of fused-ring (bicyclic) bond motifs is 1. The van der Waals surface area contributed by atoms with Crippen LogP contribution in [0.4, 0.5) is 5.13 Å². The van der Waals surface area contributed by atoms with Crippen molar-refractivity contribution in [2.75, 3.05) is 38.7 Å². The highest BCUT2D eigenvalue weighted by molar-refractivity contribution is 7.22. The van der Waals surface area contributed by atoms with Gasteiger partial charge in [0.1, 0.15) is 5.75 Å². The molecule has 0 saturated carbocycles. The van der Waals surface area contributed by atoms with Gasteiger partial charge in [-0.1, -0.05) is 35.9 Å². The zero-order valence-corrected chi connectivity index (χ0v) is 17.9. The number of nitrogens with zero attached hydrogens (tertiary/aromatic N) is 2. The summed E-state index contributed by atoms with van der Waals surface area (Å²) in [6.45, 7) is 3.50. The number of likely N-dealkylation sites (N-methyl/N-ethyl adjacent to an activating group) is 1. The van der Waals surface area contributed by atoms with Crippen LogP contribution in [0.5, 0.6) is 5.75 Å². The summed E-state index contributed by atoms with van der Waals surface area (Å²) in [5.74, 6) is 0.513. The third kappa shape index (κ3) is 5.22. The van der Waals surface area contributed by atoms with Crippen LogP contribution in [0.25, 0.3) is 10.2 Å². The second-order valence-electron chi connectivity index (χ2n) is 6.90. The van der Waals surface area contributed by atoms with E-state index in [1.54, 1.807) is 40.5 Å². The fraction of sp³-hybridized carbons (Fsp3) is 0.333. The Labute approximate surface area is 174 Å². The van der Waals surface area contributed by atoms with Crippen molar-refractivity contribution in [1.29, 1.82) is 0 Å². The van der Waals surface area contributed by atoms with Gasteiger partial charge >= 0.3 is 0 Å². The van der Waals surface area contributed by atoms with E-state index in [0.717, 1.165) is 23.2 Å². The van der Waals surface area contributed by atoms with E-state index in [1.807, 2.05) is 6.07 Å². The van der Waals surface area contributed by atoms with Crippen molar-refractivity contribution in [3.8, 4) is 5.75 Å². The molecule has 148 valence electrons. The van der Waals surface area contributed by atoms with Gasteiger partial charge in [-0.15, -0.1) is 0 Å². The number of amides is 1. The highest BCUT2D eigenvalue weighted by atomic mass is 35.5. The first-order valence-corrected chi connectivity index (χ1v) is 10.5. The van der Waals surface area contributed by atoms with E-state index in [0.29, 0.717) is 22.4 Å². The molecule has 2 aromatic carbocycles. The van der Waals surface area contributed by atoms with Crippen LogP contribution in [0.15, 0.2) is 42.5 Å². The average Bonchev–Trinajstić information content (AvgIpc) is 3.10. The lowest BCUT2D eigenvalue weighted by Gasteiger charge is -2.20. The Bertz CT molecular complexity index is 940. The lowest BCUT2D eigenvalue weighted by atomic mass is 10.2. The monoisotopic (exact) mass is 418 g/mol. The number of carbonyl (C=O) groups is 1. The van der Waals surface area contributed by atoms with Gasteiger partial charge in [0.15, 0.2) is 11.7 Å². The molecular weight excluding hydrogens is 394 g/mol. The van der Waals surface area contributed by atoms with Crippen LogP contribution in [0.2, 0.25) is 5.02 Å². The average molecular weight is 419 g/mol. The summed E-state index contributed by atoms with van der Waals surface area (Å²) in [5.41, 5.74) is 2.19. The van der Waals surface area contributed by atoms with Gasteiger partial charge in [-0.05, 0) is 48.4 Å². The summed E-state index contributed by atoms with van der Waals surface area (Å²) in [5, 5.41) is 1.35. The lowest BCUT2D eigenvalue weighted by molar-refractivity contribution is -0.856. The fourth-order valence-electron chi connectivity index (χ4n) is 2.71. The number of nitrogens with one attached hydrogen (secondary N) is 1. The number of hydrogen-bond donors (Lipinski definition) is 1. The Morgan fingerprint density at radius 3 is 2.64 bits per heavy atom. The molecule has 1 amide bonds. The van der Waals surface area contributed by atoms with Crippen molar-refractivity contribution in [3.63, 3.8) is 0 Å². The van der Waals surface area contributed by atoms with E-state index in [2.05, 4.69) is 33.2 Å². The molecule has 0 bridgehead atoms. The summed E-state index contributed by atoms with van der Waals surface area (Å²) in [6.07, 6.45) is 0.977. The number of thiazole rings is 1. The van der Waals surface area contributed by atoms with Crippen LogP contribution < -0.4 is 14.5 Å². The minimum Gasteiger partial charge on any atom is -0.484 e. The maximum Gasteiger partial charge on any atom is 0.266 e. The number of hydrogen-bond acceptors (Lipinski definition) is 4. The maximum absolute atomic E-state index is 12.9. The smallest absolute Gasteiger partial charge is 0.266 e. The number of benzene rings is 2. The van der Waals surface area contributed by atoms with E-state index in [4.69, 9.17) is 21.3 Å². The minimum absolute atomic E-state index is 0.0411. The zero-order chi connectivity index (χ0) is 20.1.